The molecule has 0 amide bonds. The van der Waals surface area contributed by atoms with Crippen LogP contribution in [0.1, 0.15) is 56.1 Å². The lowest BCUT2D eigenvalue weighted by atomic mass is 9.55. The van der Waals surface area contributed by atoms with Gasteiger partial charge in [0.1, 0.15) is 11.8 Å². The lowest BCUT2D eigenvalue weighted by Gasteiger charge is -2.50. The Hall–Kier alpha value is -2.87. The van der Waals surface area contributed by atoms with E-state index in [2.05, 4.69) is 21.9 Å². The molecule has 3 aromatic rings. The van der Waals surface area contributed by atoms with Crippen LogP contribution in [-0.4, -0.2) is 40.9 Å². The van der Waals surface area contributed by atoms with Crippen LogP contribution in [0.4, 0.5) is 0 Å². The molecule has 31 heavy (non-hydrogen) atoms. The summed E-state index contributed by atoms with van der Waals surface area (Å²) in [6, 6.07) is 1.60. The number of hydrogen-bond acceptors (Lipinski definition) is 6. The molecular weight excluding hydrogens is 394 g/mol. The van der Waals surface area contributed by atoms with Crippen molar-refractivity contribution in [2.75, 3.05) is 0 Å². The van der Waals surface area contributed by atoms with Crippen LogP contribution >= 0.6 is 0 Å². The first-order valence-electron chi connectivity index (χ1n) is 11.1. The van der Waals surface area contributed by atoms with Gasteiger partial charge in [-0.15, -0.1) is 0 Å². The van der Waals surface area contributed by atoms with Crippen LogP contribution in [0.3, 0.4) is 0 Å². The fraction of sp³-hybridized carbons (Fsp3) is 0.522. The maximum absolute atomic E-state index is 10.7. The molecule has 2 aromatic heterocycles. The number of hydrogen-bond donors (Lipinski definition) is 5. The molecule has 3 aliphatic carbocycles. The van der Waals surface area contributed by atoms with E-state index in [0.717, 1.165) is 48.9 Å². The molecule has 8 nitrogen and oxygen atoms in total. The van der Waals surface area contributed by atoms with E-state index in [1.54, 1.807) is 18.7 Å². The van der Waals surface area contributed by atoms with E-state index in [-0.39, 0.29) is 34.4 Å². The molecule has 8 heteroatoms. The average Bonchev–Trinajstić information content (AvgIpc) is 3.37. The van der Waals surface area contributed by atoms with Crippen molar-refractivity contribution in [1.82, 2.24) is 19.5 Å². The summed E-state index contributed by atoms with van der Waals surface area (Å²) < 4.78 is 1.82. The number of imidazole rings is 1. The Morgan fingerprint density at radius 1 is 1.19 bits per heavy atom. The molecule has 2 fully saturated rings. The number of fused-ring (bicyclic) bond motifs is 6. The minimum Gasteiger partial charge on any atom is -0.504 e. The van der Waals surface area contributed by atoms with Crippen LogP contribution in [0, 0.1) is 22.7 Å². The number of nitrogens with zero attached hydrogens (tertiary/aromatic N) is 3. The first kappa shape index (κ1) is 18.9. The first-order chi connectivity index (χ1) is 14.9. The van der Waals surface area contributed by atoms with E-state index in [1.165, 1.54) is 0 Å². The molecule has 162 valence electrons. The molecule has 0 spiro atoms. The topological polar surface area (TPSA) is 131 Å². The SMILES string of the molecule is C[C@]12CC[C@@H]3c4c(-n5cnc(=N)c6[nH]cnc65)cc(O)c(O)c4CC[C@H]3[C@@H]1CC[C@@H]2O. The third-order valence-corrected chi connectivity index (χ3v) is 8.53. The molecule has 0 bridgehead atoms. The number of aliphatic hydroxyl groups excluding tert-OH is 1. The summed E-state index contributed by atoms with van der Waals surface area (Å²) in [7, 11) is 0. The number of nitrogens with one attached hydrogen (secondary N) is 2. The normalized spacial score (nSPS) is 31.9. The molecule has 0 radical (unpaired) electrons. The number of aliphatic hydroxyl groups is 1. The Bertz CT molecular complexity index is 1260. The summed E-state index contributed by atoms with van der Waals surface area (Å²) in [5, 5.41) is 40.0. The molecule has 1 aromatic carbocycles. The lowest BCUT2D eigenvalue weighted by Crippen LogP contribution is -2.44. The van der Waals surface area contributed by atoms with E-state index in [1.807, 2.05) is 4.57 Å². The van der Waals surface area contributed by atoms with Crippen LogP contribution in [0.5, 0.6) is 11.5 Å². The molecule has 6 rings (SSSR count). The lowest BCUT2D eigenvalue weighted by molar-refractivity contribution is -0.0227. The van der Waals surface area contributed by atoms with E-state index >= 15 is 0 Å². The van der Waals surface area contributed by atoms with E-state index < -0.39 is 0 Å². The standard InChI is InChI=1S/C23H27N5O3/c1-23-7-6-12-11(14(23)4-5-17(23)30)2-3-13-18(12)15(8-16(29)20(13)31)28-10-27-21(24)19-22(28)26-9-25-19/h8-12,14,17,24,29-31H,2-7H2,1H3,(H,25,26)/t11-,12+,14+,17+,23+/m1/s1. The maximum atomic E-state index is 10.7. The second-order valence-corrected chi connectivity index (χ2v) is 9.77. The van der Waals surface area contributed by atoms with E-state index in [9.17, 15) is 15.3 Å². The zero-order valence-electron chi connectivity index (χ0n) is 17.5. The van der Waals surface area contributed by atoms with Gasteiger partial charge in [0.15, 0.2) is 22.6 Å². The average molecular weight is 422 g/mol. The molecule has 2 heterocycles. The highest BCUT2D eigenvalue weighted by atomic mass is 16.3. The second-order valence-electron chi connectivity index (χ2n) is 9.77. The Balaban J connectivity index is 1.57. The van der Waals surface area contributed by atoms with Gasteiger partial charge >= 0.3 is 0 Å². The minimum absolute atomic E-state index is 0.0269. The predicted octanol–water partition coefficient (Wildman–Crippen LogP) is 2.86. The predicted molar refractivity (Wildman–Crippen MR) is 113 cm³/mol. The number of H-pyrrole nitrogens is 1. The van der Waals surface area contributed by atoms with Gasteiger partial charge in [0.05, 0.1) is 18.1 Å². The molecule has 2 saturated carbocycles. The van der Waals surface area contributed by atoms with Gasteiger partial charge in [0.2, 0.25) is 0 Å². The number of phenolic OH excluding ortho intramolecular Hbond substituents is 2. The Morgan fingerprint density at radius 2 is 2.03 bits per heavy atom. The number of rotatable bonds is 1. The molecule has 5 N–H and O–H groups in total. The van der Waals surface area contributed by atoms with Crippen molar-refractivity contribution >= 4 is 11.2 Å². The van der Waals surface area contributed by atoms with E-state index in [0.29, 0.717) is 29.4 Å². The number of aromatic hydroxyl groups is 2. The van der Waals surface area contributed by atoms with Crippen molar-refractivity contribution in [1.29, 1.82) is 5.41 Å². The van der Waals surface area contributed by atoms with Gasteiger partial charge in [-0.2, -0.15) is 0 Å². The summed E-state index contributed by atoms with van der Waals surface area (Å²) in [6.45, 7) is 2.25. The summed E-state index contributed by atoms with van der Waals surface area (Å²) in [5.41, 5.74) is 3.83. The summed E-state index contributed by atoms with van der Waals surface area (Å²) in [4.78, 5) is 11.6. The number of aromatic nitrogens is 4. The minimum atomic E-state index is -0.237. The summed E-state index contributed by atoms with van der Waals surface area (Å²) in [5.74, 6) is 0.967. The van der Waals surface area contributed by atoms with Crippen molar-refractivity contribution < 1.29 is 15.3 Å². The molecule has 3 aliphatic rings. The van der Waals surface area contributed by atoms with Crippen molar-refractivity contribution in [3.63, 3.8) is 0 Å². The third kappa shape index (κ3) is 2.42. The number of benzene rings is 1. The monoisotopic (exact) mass is 421 g/mol. The van der Waals surface area contributed by atoms with E-state index in [4.69, 9.17) is 5.41 Å². The van der Waals surface area contributed by atoms with Gasteiger partial charge in [0.25, 0.3) is 0 Å². The Labute approximate surface area is 179 Å². The van der Waals surface area contributed by atoms with Crippen molar-refractivity contribution in [2.24, 2.45) is 17.3 Å². The molecule has 5 atom stereocenters. The van der Waals surface area contributed by atoms with Crippen LogP contribution in [0.15, 0.2) is 18.7 Å². The van der Waals surface area contributed by atoms with Gasteiger partial charge in [-0.1, -0.05) is 6.92 Å². The quantitative estimate of drug-likeness (QED) is 0.386. The zero-order chi connectivity index (χ0) is 21.5. The Morgan fingerprint density at radius 3 is 2.87 bits per heavy atom. The van der Waals surface area contributed by atoms with Crippen LogP contribution < -0.4 is 5.49 Å². The first-order valence-corrected chi connectivity index (χ1v) is 11.1. The summed E-state index contributed by atoms with van der Waals surface area (Å²) >= 11 is 0. The molecule has 0 saturated heterocycles. The zero-order valence-corrected chi connectivity index (χ0v) is 17.5. The van der Waals surface area contributed by atoms with Crippen LogP contribution in [-0.2, 0) is 6.42 Å². The van der Waals surface area contributed by atoms with Crippen molar-refractivity contribution in [3.8, 4) is 17.2 Å². The largest absolute Gasteiger partial charge is 0.504 e. The smallest absolute Gasteiger partial charge is 0.173 e. The molecule has 0 unspecified atom stereocenters. The van der Waals surface area contributed by atoms with Gasteiger partial charge < -0.3 is 20.3 Å². The van der Waals surface area contributed by atoms with Crippen molar-refractivity contribution in [2.45, 2.75) is 57.5 Å². The number of phenols is 2. The van der Waals surface area contributed by atoms with Crippen LogP contribution in [0.2, 0.25) is 0 Å². The van der Waals surface area contributed by atoms with Gasteiger partial charge in [-0.3, -0.25) is 9.98 Å². The fourth-order valence-corrected chi connectivity index (χ4v) is 6.97. The van der Waals surface area contributed by atoms with Crippen molar-refractivity contribution in [3.05, 3.63) is 35.3 Å². The molecule has 0 aliphatic heterocycles. The summed E-state index contributed by atoms with van der Waals surface area (Å²) in [6.07, 6.45) is 8.32. The maximum Gasteiger partial charge on any atom is 0.173 e. The molecular formula is C23H27N5O3. The van der Waals surface area contributed by atoms with Crippen LogP contribution in [0.25, 0.3) is 16.9 Å². The van der Waals surface area contributed by atoms with Gasteiger partial charge in [-0.05, 0) is 67.3 Å². The number of aromatic amines is 1. The highest BCUT2D eigenvalue weighted by molar-refractivity contribution is 5.73. The Kier molecular flexibility index (Phi) is 3.85. The second kappa shape index (κ2) is 6.32. The van der Waals surface area contributed by atoms with Gasteiger partial charge in [-0.25, -0.2) is 9.97 Å². The van der Waals surface area contributed by atoms with Gasteiger partial charge in [0, 0.05) is 11.6 Å². The fourth-order valence-electron chi connectivity index (χ4n) is 6.97. The third-order valence-electron chi connectivity index (χ3n) is 8.53. The highest BCUT2D eigenvalue weighted by Crippen LogP contribution is 2.62. The highest BCUT2D eigenvalue weighted by Gasteiger charge is 2.55.